The van der Waals surface area contributed by atoms with Crippen LogP contribution in [-0.4, -0.2) is 5.78 Å². The molecule has 1 nitrogen and oxygen atoms in total. The minimum atomic E-state index is -4.68. The Labute approximate surface area is 110 Å². The topological polar surface area (TPSA) is 17.1 Å². The van der Waals surface area contributed by atoms with E-state index in [0.29, 0.717) is 18.2 Å². The largest absolute Gasteiger partial charge is 0.416 e. The van der Waals surface area contributed by atoms with Crippen LogP contribution in [0.15, 0.2) is 42.5 Å². The minimum absolute atomic E-state index is 0.0929. The maximum atomic E-state index is 13.5. The van der Waals surface area contributed by atoms with Crippen LogP contribution >= 0.6 is 0 Å². The zero-order valence-electron chi connectivity index (χ0n) is 9.84. The van der Waals surface area contributed by atoms with Gasteiger partial charge in [-0.05, 0) is 42.5 Å². The number of hydrogen-bond donors (Lipinski definition) is 0. The molecule has 0 heterocycles. The molecule has 2 rings (SSSR count). The molecule has 20 heavy (non-hydrogen) atoms. The van der Waals surface area contributed by atoms with E-state index in [0.717, 1.165) is 24.3 Å². The molecule has 0 fully saturated rings. The molecule has 104 valence electrons. The summed E-state index contributed by atoms with van der Waals surface area (Å²) in [6, 6.07) is 5.68. The Hall–Kier alpha value is -2.24. The van der Waals surface area contributed by atoms with Crippen molar-refractivity contribution in [3.05, 3.63) is 70.8 Å². The molecular weight excluding hydrogens is 279 g/mol. The van der Waals surface area contributed by atoms with Gasteiger partial charge in [-0.15, -0.1) is 0 Å². The average molecular weight is 286 g/mol. The number of alkyl halides is 3. The molecule has 0 spiro atoms. The summed E-state index contributed by atoms with van der Waals surface area (Å²) in [6.45, 7) is 0. The van der Waals surface area contributed by atoms with Crippen LogP contribution < -0.4 is 0 Å². The predicted molar refractivity (Wildman–Crippen MR) is 61.2 cm³/mol. The molecule has 0 saturated carbocycles. The first kappa shape index (κ1) is 14.2. The fourth-order valence-corrected chi connectivity index (χ4v) is 1.63. The van der Waals surface area contributed by atoms with Crippen LogP contribution in [0.5, 0.6) is 0 Å². The van der Waals surface area contributed by atoms with E-state index in [1.807, 2.05) is 0 Å². The van der Waals surface area contributed by atoms with Crippen LogP contribution in [0, 0.1) is 11.6 Å². The van der Waals surface area contributed by atoms with Crippen molar-refractivity contribution in [2.45, 2.75) is 6.18 Å². The third-order valence-electron chi connectivity index (χ3n) is 2.64. The van der Waals surface area contributed by atoms with E-state index in [1.165, 1.54) is 0 Å². The zero-order chi connectivity index (χ0) is 14.9. The number of carbonyl (C=O) groups is 1. The molecule has 0 aliphatic heterocycles. The van der Waals surface area contributed by atoms with E-state index in [-0.39, 0.29) is 5.56 Å². The lowest BCUT2D eigenvalue weighted by Gasteiger charge is -2.09. The number of benzene rings is 2. The van der Waals surface area contributed by atoms with Crippen LogP contribution in [0.25, 0.3) is 0 Å². The molecule has 0 bridgehead atoms. The van der Waals surface area contributed by atoms with Gasteiger partial charge >= 0.3 is 6.18 Å². The van der Waals surface area contributed by atoms with E-state index >= 15 is 0 Å². The van der Waals surface area contributed by atoms with Gasteiger partial charge in [-0.3, -0.25) is 4.79 Å². The summed E-state index contributed by atoms with van der Waals surface area (Å²) in [7, 11) is 0. The maximum absolute atomic E-state index is 13.5. The zero-order valence-corrected chi connectivity index (χ0v) is 9.84. The van der Waals surface area contributed by atoms with Crippen molar-refractivity contribution in [3.8, 4) is 0 Å². The Morgan fingerprint density at radius 2 is 1.50 bits per heavy atom. The molecule has 2 aromatic carbocycles. The molecule has 6 heteroatoms. The number of ketones is 1. The summed E-state index contributed by atoms with van der Waals surface area (Å²) in [4.78, 5) is 11.9. The van der Waals surface area contributed by atoms with Crippen LogP contribution in [0.2, 0.25) is 0 Å². The summed E-state index contributed by atoms with van der Waals surface area (Å²) in [5, 5.41) is 0. The summed E-state index contributed by atoms with van der Waals surface area (Å²) in [5.41, 5.74) is -1.92. The van der Waals surface area contributed by atoms with Crippen molar-refractivity contribution in [1.82, 2.24) is 0 Å². The molecular formula is C14H7F5O. The smallest absolute Gasteiger partial charge is 0.288 e. The Balaban J connectivity index is 2.46. The van der Waals surface area contributed by atoms with Crippen molar-refractivity contribution in [2.24, 2.45) is 0 Å². The lowest BCUT2D eigenvalue weighted by molar-refractivity contribution is -0.137. The summed E-state index contributed by atoms with van der Waals surface area (Å²) >= 11 is 0. The first-order valence-electron chi connectivity index (χ1n) is 5.46. The van der Waals surface area contributed by atoms with Gasteiger partial charge in [-0.1, -0.05) is 0 Å². The van der Waals surface area contributed by atoms with Gasteiger partial charge in [-0.2, -0.15) is 13.2 Å². The maximum Gasteiger partial charge on any atom is 0.416 e. The Morgan fingerprint density at radius 1 is 0.900 bits per heavy atom. The van der Waals surface area contributed by atoms with E-state index in [2.05, 4.69) is 0 Å². The highest BCUT2D eigenvalue weighted by Gasteiger charge is 2.32. The first-order valence-corrected chi connectivity index (χ1v) is 5.46. The van der Waals surface area contributed by atoms with E-state index in [9.17, 15) is 26.7 Å². The van der Waals surface area contributed by atoms with Crippen molar-refractivity contribution >= 4 is 5.78 Å². The van der Waals surface area contributed by atoms with Gasteiger partial charge in [0, 0.05) is 5.56 Å². The molecule has 0 atom stereocenters. The van der Waals surface area contributed by atoms with Crippen molar-refractivity contribution < 1.29 is 26.7 Å². The van der Waals surface area contributed by atoms with Gasteiger partial charge < -0.3 is 0 Å². The molecule has 0 aliphatic carbocycles. The number of rotatable bonds is 2. The number of carbonyl (C=O) groups excluding carboxylic acids is 1. The highest BCUT2D eigenvalue weighted by Crippen LogP contribution is 2.30. The first-order chi connectivity index (χ1) is 9.29. The highest BCUT2D eigenvalue weighted by molar-refractivity contribution is 6.09. The van der Waals surface area contributed by atoms with Crippen molar-refractivity contribution in [2.75, 3.05) is 0 Å². The van der Waals surface area contributed by atoms with Gasteiger partial charge in [0.1, 0.15) is 11.6 Å². The number of hydrogen-bond acceptors (Lipinski definition) is 1. The standard InChI is InChI=1S/C14H7F5O/c15-10-4-1-8(2-5-10)13(20)11-7-9(14(17,18)19)3-6-12(11)16/h1-7H. The fraction of sp³-hybridized carbons (Fsp3) is 0.0714. The van der Waals surface area contributed by atoms with E-state index in [1.54, 1.807) is 0 Å². The molecule has 0 amide bonds. The average Bonchev–Trinajstić information content (AvgIpc) is 2.38. The minimum Gasteiger partial charge on any atom is -0.288 e. The normalized spacial score (nSPS) is 11.4. The second-order valence-corrected chi connectivity index (χ2v) is 4.03. The summed E-state index contributed by atoms with van der Waals surface area (Å²) < 4.78 is 63.8. The second kappa shape index (κ2) is 5.03. The quantitative estimate of drug-likeness (QED) is 0.597. The van der Waals surface area contributed by atoms with Crippen LogP contribution in [-0.2, 0) is 6.18 Å². The Bertz CT molecular complexity index is 644. The van der Waals surface area contributed by atoms with Crippen LogP contribution in [0.4, 0.5) is 22.0 Å². The van der Waals surface area contributed by atoms with Crippen LogP contribution in [0.1, 0.15) is 21.5 Å². The highest BCUT2D eigenvalue weighted by atomic mass is 19.4. The van der Waals surface area contributed by atoms with Crippen LogP contribution in [0.3, 0.4) is 0 Å². The molecule has 2 aromatic rings. The summed E-state index contributed by atoms with van der Waals surface area (Å²) in [6.07, 6.45) is -4.68. The fourth-order valence-electron chi connectivity index (χ4n) is 1.63. The third kappa shape index (κ3) is 2.84. The van der Waals surface area contributed by atoms with Crippen molar-refractivity contribution in [3.63, 3.8) is 0 Å². The van der Waals surface area contributed by atoms with Gasteiger partial charge in [0.25, 0.3) is 0 Å². The monoisotopic (exact) mass is 286 g/mol. The number of halogens is 5. The lowest BCUT2D eigenvalue weighted by atomic mass is 10.0. The predicted octanol–water partition coefficient (Wildman–Crippen LogP) is 4.21. The Kier molecular flexibility index (Phi) is 3.57. The Morgan fingerprint density at radius 3 is 2.05 bits per heavy atom. The molecule has 0 unspecified atom stereocenters. The van der Waals surface area contributed by atoms with Gasteiger partial charge in [0.15, 0.2) is 5.78 Å². The summed E-state index contributed by atoms with van der Waals surface area (Å²) in [5.74, 6) is -2.60. The molecule has 0 N–H and O–H groups in total. The van der Waals surface area contributed by atoms with Gasteiger partial charge in [0.05, 0.1) is 11.1 Å². The van der Waals surface area contributed by atoms with E-state index < -0.39 is 34.7 Å². The lowest BCUT2D eigenvalue weighted by Crippen LogP contribution is -2.10. The van der Waals surface area contributed by atoms with Gasteiger partial charge in [0.2, 0.25) is 0 Å². The molecule has 0 aromatic heterocycles. The van der Waals surface area contributed by atoms with Gasteiger partial charge in [-0.25, -0.2) is 8.78 Å². The van der Waals surface area contributed by atoms with Crippen molar-refractivity contribution in [1.29, 1.82) is 0 Å². The molecule has 0 saturated heterocycles. The molecule has 0 aliphatic rings. The SMILES string of the molecule is O=C(c1ccc(F)cc1)c1cc(C(F)(F)F)ccc1F. The van der Waals surface area contributed by atoms with E-state index in [4.69, 9.17) is 0 Å². The third-order valence-corrected chi connectivity index (χ3v) is 2.64. The molecule has 0 radical (unpaired) electrons. The second-order valence-electron chi connectivity index (χ2n) is 4.03.